The molecule has 118 valence electrons. The standard InChI is InChI=1S/C17H13FO4S/c18-23(19,20)22-17-9-7-16(8-10-17)21-12-13-5-6-14-3-1-2-4-15(14)11-13/h1-11H,12H2. The molecule has 0 saturated heterocycles. The van der Waals surface area contributed by atoms with Crippen LogP contribution >= 0.6 is 0 Å². The van der Waals surface area contributed by atoms with E-state index in [1.165, 1.54) is 24.3 Å². The molecular weight excluding hydrogens is 319 g/mol. The summed E-state index contributed by atoms with van der Waals surface area (Å²) in [7, 11) is -5.01. The second-order valence-electron chi connectivity index (χ2n) is 4.92. The van der Waals surface area contributed by atoms with Crippen molar-refractivity contribution in [3.8, 4) is 11.5 Å². The summed E-state index contributed by atoms with van der Waals surface area (Å²) in [4.78, 5) is 0. The molecule has 0 aliphatic rings. The lowest BCUT2D eigenvalue weighted by molar-refractivity contribution is 0.306. The normalized spacial score (nSPS) is 11.3. The topological polar surface area (TPSA) is 52.6 Å². The SMILES string of the molecule is O=S(=O)(F)Oc1ccc(OCc2ccc3ccccc3c2)cc1. The second-order valence-corrected chi connectivity index (χ2v) is 5.87. The first kappa shape index (κ1) is 15.3. The molecule has 0 heterocycles. The van der Waals surface area contributed by atoms with Crippen molar-refractivity contribution in [2.45, 2.75) is 6.61 Å². The van der Waals surface area contributed by atoms with Crippen LogP contribution in [0.4, 0.5) is 3.89 Å². The number of hydrogen-bond donors (Lipinski definition) is 0. The third kappa shape index (κ3) is 4.20. The molecule has 0 aromatic heterocycles. The van der Waals surface area contributed by atoms with Gasteiger partial charge in [-0.25, -0.2) is 0 Å². The maximum Gasteiger partial charge on any atom is 0.488 e. The summed E-state index contributed by atoms with van der Waals surface area (Å²) in [5.41, 5.74) is 1.01. The fraction of sp³-hybridized carbons (Fsp3) is 0.0588. The number of halogens is 1. The van der Waals surface area contributed by atoms with E-state index in [0.717, 1.165) is 16.3 Å². The average molecular weight is 332 g/mol. The Morgan fingerprint density at radius 3 is 2.17 bits per heavy atom. The van der Waals surface area contributed by atoms with Crippen molar-refractivity contribution < 1.29 is 21.2 Å². The first-order valence-corrected chi connectivity index (χ1v) is 8.15. The van der Waals surface area contributed by atoms with Gasteiger partial charge in [-0.3, -0.25) is 0 Å². The Morgan fingerprint density at radius 1 is 0.826 bits per heavy atom. The van der Waals surface area contributed by atoms with Crippen molar-refractivity contribution in [3.63, 3.8) is 0 Å². The van der Waals surface area contributed by atoms with Gasteiger partial charge in [-0.05, 0) is 46.7 Å². The molecule has 0 aliphatic heterocycles. The number of fused-ring (bicyclic) bond motifs is 1. The highest BCUT2D eigenvalue weighted by Crippen LogP contribution is 2.21. The minimum absolute atomic E-state index is 0.106. The summed E-state index contributed by atoms with van der Waals surface area (Å²) in [6.07, 6.45) is 0. The molecule has 3 aromatic rings. The third-order valence-corrected chi connectivity index (χ3v) is 3.63. The maximum atomic E-state index is 12.4. The van der Waals surface area contributed by atoms with Crippen molar-refractivity contribution in [1.29, 1.82) is 0 Å². The van der Waals surface area contributed by atoms with Crippen LogP contribution in [0.5, 0.6) is 11.5 Å². The van der Waals surface area contributed by atoms with Crippen LogP contribution in [0, 0.1) is 0 Å². The predicted octanol–water partition coefficient (Wildman–Crippen LogP) is 4.01. The van der Waals surface area contributed by atoms with Crippen LogP contribution in [0.2, 0.25) is 0 Å². The quantitative estimate of drug-likeness (QED) is 0.662. The zero-order chi connectivity index (χ0) is 16.3. The first-order valence-electron chi connectivity index (χ1n) is 6.84. The van der Waals surface area contributed by atoms with Gasteiger partial charge < -0.3 is 8.92 Å². The van der Waals surface area contributed by atoms with Crippen molar-refractivity contribution in [2.75, 3.05) is 0 Å². The largest absolute Gasteiger partial charge is 0.489 e. The number of ether oxygens (including phenoxy) is 1. The smallest absolute Gasteiger partial charge is 0.488 e. The van der Waals surface area contributed by atoms with Gasteiger partial charge >= 0.3 is 10.5 Å². The zero-order valence-electron chi connectivity index (χ0n) is 12.0. The lowest BCUT2D eigenvalue weighted by Crippen LogP contribution is -2.01. The molecule has 0 saturated carbocycles. The minimum Gasteiger partial charge on any atom is -0.489 e. The molecule has 4 nitrogen and oxygen atoms in total. The van der Waals surface area contributed by atoms with E-state index in [2.05, 4.69) is 4.18 Å². The van der Waals surface area contributed by atoms with Gasteiger partial charge in [-0.15, -0.1) is 0 Å². The minimum atomic E-state index is -5.01. The molecule has 0 N–H and O–H groups in total. The van der Waals surface area contributed by atoms with Crippen LogP contribution in [0.25, 0.3) is 10.8 Å². The molecule has 0 atom stereocenters. The Labute approximate surface area is 133 Å². The van der Waals surface area contributed by atoms with E-state index in [0.29, 0.717) is 12.4 Å². The van der Waals surface area contributed by atoms with E-state index in [1.807, 2.05) is 42.5 Å². The summed E-state index contributed by atoms with van der Waals surface area (Å²) in [6, 6.07) is 19.8. The molecule has 0 aliphatic carbocycles. The highest BCUT2D eigenvalue weighted by Gasteiger charge is 2.09. The Kier molecular flexibility index (Phi) is 4.16. The zero-order valence-corrected chi connectivity index (χ0v) is 12.8. The van der Waals surface area contributed by atoms with Gasteiger partial charge in [0.1, 0.15) is 18.1 Å². The lowest BCUT2D eigenvalue weighted by atomic mass is 10.1. The van der Waals surface area contributed by atoms with Gasteiger partial charge in [-0.1, -0.05) is 40.3 Å². The van der Waals surface area contributed by atoms with Gasteiger partial charge in [0.25, 0.3) is 0 Å². The summed E-state index contributed by atoms with van der Waals surface area (Å²) < 4.78 is 42.9. The lowest BCUT2D eigenvalue weighted by Gasteiger charge is -2.08. The highest BCUT2D eigenvalue weighted by atomic mass is 32.3. The maximum absolute atomic E-state index is 12.4. The molecule has 0 fully saturated rings. The first-order chi connectivity index (χ1) is 11.0. The van der Waals surface area contributed by atoms with E-state index in [4.69, 9.17) is 4.74 Å². The van der Waals surface area contributed by atoms with E-state index in [9.17, 15) is 12.3 Å². The van der Waals surface area contributed by atoms with Crippen LogP contribution in [0.15, 0.2) is 66.7 Å². The Balaban J connectivity index is 1.67. The van der Waals surface area contributed by atoms with Gasteiger partial charge in [0.2, 0.25) is 0 Å². The summed E-state index contributed by atoms with van der Waals surface area (Å²) in [6.45, 7) is 0.368. The van der Waals surface area contributed by atoms with E-state index in [1.54, 1.807) is 0 Å². The third-order valence-electron chi connectivity index (χ3n) is 3.24. The van der Waals surface area contributed by atoms with Gasteiger partial charge in [0.15, 0.2) is 0 Å². The predicted molar refractivity (Wildman–Crippen MR) is 85.4 cm³/mol. The number of benzene rings is 3. The molecule has 0 radical (unpaired) electrons. The van der Waals surface area contributed by atoms with E-state index >= 15 is 0 Å². The van der Waals surface area contributed by atoms with Crippen molar-refractivity contribution in [1.82, 2.24) is 0 Å². The fourth-order valence-electron chi connectivity index (χ4n) is 2.20. The van der Waals surface area contributed by atoms with Crippen LogP contribution in [-0.2, 0) is 17.1 Å². The Hall–Kier alpha value is -2.60. The molecule has 0 amide bonds. The van der Waals surface area contributed by atoms with E-state index < -0.39 is 10.5 Å². The Morgan fingerprint density at radius 2 is 1.48 bits per heavy atom. The molecule has 0 spiro atoms. The number of rotatable bonds is 5. The molecule has 0 bridgehead atoms. The average Bonchev–Trinajstić information content (AvgIpc) is 2.52. The highest BCUT2D eigenvalue weighted by molar-refractivity contribution is 7.81. The van der Waals surface area contributed by atoms with Gasteiger partial charge in [-0.2, -0.15) is 8.42 Å². The molecule has 3 aromatic carbocycles. The molecule has 3 rings (SSSR count). The van der Waals surface area contributed by atoms with Crippen molar-refractivity contribution in [2.24, 2.45) is 0 Å². The molecule has 0 unspecified atom stereocenters. The molecule has 6 heteroatoms. The summed E-state index contributed by atoms with van der Waals surface area (Å²) >= 11 is 0. The van der Waals surface area contributed by atoms with Crippen LogP contribution in [0.1, 0.15) is 5.56 Å². The van der Waals surface area contributed by atoms with Crippen LogP contribution in [-0.4, -0.2) is 8.42 Å². The Bertz CT molecular complexity index is 921. The van der Waals surface area contributed by atoms with Crippen molar-refractivity contribution in [3.05, 3.63) is 72.3 Å². The van der Waals surface area contributed by atoms with Gasteiger partial charge in [0.05, 0.1) is 0 Å². The van der Waals surface area contributed by atoms with Crippen LogP contribution < -0.4 is 8.92 Å². The van der Waals surface area contributed by atoms with Crippen molar-refractivity contribution >= 4 is 21.3 Å². The summed E-state index contributed by atoms with van der Waals surface area (Å²) in [5, 5.41) is 2.29. The van der Waals surface area contributed by atoms with Crippen LogP contribution in [0.3, 0.4) is 0 Å². The monoisotopic (exact) mass is 332 g/mol. The second kappa shape index (κ2) is 6.26. The van der Waals surface area contributed by atoms with Gasteiger partial charge in [0, 0.05) is 0 Å². The molecular formula is C17H13FO4S. The van der Waals surface area contributed by atoms with E-state index in [-0.39, 0.29) is 5.75 Å². The molecule has 23 heavy (non-hydrogen) atoms. The summed E-state index contributed by atoms with van der Waals surface area (Å²) in [5.74, 6) is 0.423. The fourth-order valence-corrected chi connectivity index (χ4v) is 2.54. The number of hydrogen-bond acceptors (Lipinski definition) is 4.